The van der Waals surface area contributed by atoms with Gasteiger partial charge in [-0.15, -0.1) is 0 Å². The third-order valence-electron chi connectivity index (χ3n) is 5.28. The van der Waals surface area contributed by atoms with Gasteiger partial charge in [-0.3, -0.25) is 4.79 Å². The molecule has 6 nitrogen and oxygen atoms in total. The van der Waals surface area contributed by atoms with Gasteiger partial charge >= 0.3 is 5.97 Å². The number of aromatic hydroxyl groups is 1. The molecule has 0 aliphatic rings. The van der Waals surface area contributed by atoms with Crippen LogP contribution in [0.2, 0.25) is 0 Å². The number of carbonyl (C=O) groups is 1. The number of carboxylic acid groups (broad SMARTS) is 1. The molecule has 0 spiro atoms. The number of hydrogen-bond donors (Lipinski definition) is 3. The number of halogens is 2. The van der Waals surface area contributed by atoms with Crippen LogP contribution in [-0.2, 0) is 24.4 Å². The van der Waals surface area contributed by atoms with Crippen molar-refractivity contribution in [3.8, 4) is 22.6 Å². The molecule has 4 rings (SSSR count). The van der Waals surface area contributed by atoms with Crippen LogP contribution < -0.4 is 10.5 Å². The largest absolute Gasteiger partial charge is 0.508 e. The summed E-state index contributed by atoms with van der Waals surface area (Å²) in [5, 5.41) is 19.3. The summed E-state index contributed by atoms with van der Waals surface area (Å²) in [4.78, 5) is 11.1. The van der Waals surface area contributed by atoms with Crippen molar-refractivity contribution in [1.29, 1.82) is 0 Å². The maximum absolute atomic E-state index is 13.7. The van der Waals surface area contributed by atoms with Crippen molar-refractivity contribution in [3.63, 3.8) is 0 Å². The molecular formula is C25H21F2NO5. The molecule has 0 radical (unpaired) electrons. The van der Waals surface area contributed by atoms with Gasteiger partial charge in [0.25, 0.3) is 6.43 Å². The lowest BCUT2D eigenvalue weighted by molar-refractivity contribution is -0.136. The van der Waals surface area contributed by atoms with Crippen LogP contribution in [0, 0.1) is 0 Å². The minimum atomic E-state index is -2.87. The Morgan fingerprint density at radius 2 is 1.85 bits per heavy atom. The zero-order chi connectivity index (χ0) is 23.5. The number of nitrogens with two attached hydrogens (primary N) is 1. The van der Waals surface area contributed by atoms with Crippen LogP contribution in [0.15, 0.2) is 65.1 Å². The van der Waals surface area contributed by atoms with Crippen LogP contribution in [0.3, 0.4) is 0 Å². The van der Waals surface area contributed by atoms with Crippen molar-refractivity contribution < 1.29 is 32.9 Å². The van der Waals surface area contributed by atoms with E-state index in [2.05, 4.69) is 0 Å². The maximum Gasteiger partial charge on any atom is 0.307 e. The summed E-state index contributed by atoms with van der Waals surface area (Å²) in [5.74, 6) is -1.64. The molecule has 4 N–H and O–H groups in total. The standard InChI is InChI=1S/C25H21F2NO5/c26-25(27)24-20(13-32-22-11-18(29)6-4-17(22)10-23(30)31)19-9-16(5-7-21(19)33-24)15-3-1-2-14(8-15)12-28/h1-9,11,25,29H,10,12-13,28H2,(H,30,31). The average Bonchev–Trinajstić information content (AvgIpc) is 3.17. The number of benzene rings is 3. The van der Waals surface area contributed by atoms with E-state index >= 15 is 0 Å². The summed E-state index contributed by atoms with van der Waals surface area (Å²) in [7, 11) is 0. The van der Waals surface area contributed by atoms with Gasteiger partial charge in [0, 0.05) is 29.1 Å². The fourth-order valence-electron chi connectivity index (χ4n) is 3.69. The second kappa shape index (κ2) is 9.30. The summed E-state index contributed by atoms with van der Waals surface area (Å²) in [6.45, 7) is 0.0774. The average molecular weight is 453 g/mol. The highest BCUT2D eigenvalue weighted by atomic mass is 19.3. The molecule has 0 aliphatic carbocycles. The summed E-state index contributed by atoms with van der Waals surface area (Å²) in [6.07, 6.45) is -3.21. The summed E-state index contributed by atoms with van der Waals surface area (Å²) in [6, 6.07) is 16.8. The lowest BCUT2D eigenvalue weighted by atomic mass is 10.0. The predicted octanol–water partition coefficient (Wildman–Crippen LogP) is 5.41. The van der Waals surface area contributed by atoms with Crippen molar-refractivity contribution in [3.05, 3.63) is 83.1 Å². The number of ether oxygens (including phenoxy) is 1. The van der Waals surface area contributed by atoms with E-state index < -0.39 is 18.2 Å². The Hall–Kier alpha value is -3.91. The van der Waals surface area contributed by atoms with Gasteiger partial charge in [0.2, 0.25) is 0 Å². The second-order valence-corrected chi connectivity index (χ2v) is 7.51. The van der Waals surface area contributed by atoms with Gasteiger partial charge in [-0.05, 0) is 41.0 Å². The van der Waals surface area contributed by atoms with Gasteiger partial charge in [0.05, 0.1) is 6.42 Å². The molecule has 0 bridgehead atoms. The molecule has 0 saturated carbocycles. The number of hydrogen-bond acceptors (Lipinski definition) is 5. The fraction of sp³-hybridized carbons (Fsp3) is 0.160. The van der Waals surface area contributed by atoms with Gasteiger partial charge in [0.15, 0.2) is 5.76 Å². The van der Waals surface area contributed by atoms with Crippen molar-refractivity contribution >= 4 is 16.9 Å². The van der Waals surface area contributed by atoms with Gasteiger partial charge < -0.3 is 25.1 Å². The fourth-order valence-corrected chi connectivity index (χ4v) is 3.69. The number of phenolic OH excluding ortho intramolecular Hbond substituents is 1. The molecule has 0 fully saturated rings. The Balaban J connectivity index is 1.74. The van der Waals surface area contributed by atoms with Gasteiger partial charge in [0.1, 0.15) is 23.7 Å². The normalized spacial score (nSPS) is 11.3. The van der Waals surface area contributed by atoms with E-state index in [9.17, 15) is 18.7 Å². The molecule has 0 amide bonds. The van der Waals surface area contributed by atoms with E-state index in [1.165, 1.54) is 18.2 Å². The second-order valence-electron chi connectivity index (χ2n) is 7.51. The van der Waals surface area contributed by atoms with Crippen LogP contribution in [0.25, 0.3) is 22.1 Å². The molecule has 0 atom stereocenters. The van der Waals surface area contributed by atoms with E-state index in [1.54, 1.807) is 18.2 Å². The first-order valence-electron chi connectivity index (χ1n) is 10.1. The Bertz CT molecular complexity index is 1320. The van der Waals surface area contributed by atoms with Crippen molar-refractivity contribution in [2.45, 2.75) is 26.0 Å². The number of aliphatic carboxylic acids is 1. The number of rotatable bonds is 8. The highest BCUT2D eigenvalue weighted by Crippen LogP contribution is 2.36. The van der Waals surface area contributed by atoms with Gasteiger partial charge in [-0.25, -0.2) is 8.78 Å². The molecule has 170 valence electrons. The molecular weight excluding hydrogens is 432 g/mol. The minimum absolute atomic E-state index is 0.0961. The lowest BCUT2D eigenvalue weighted by Crippen LogP contribution is -2.05. The topological polar surface area (TPSA) is 106 Å². The van der Waals surface area contributed by atoms with Crippen LogP contribution in [0.1, 0.15) is 28.9 Å². The smallest absolute Gasteiger partial charge is 0.307 e. The first-order valence-corrected chi connectivity index (χ1v) is 10.1. The van der Waals surface area contributed by atoms with Gasteiger partial charge in [-0.2, -0.15) is 0 Å². The molecule has 1 heterocycles. The molecule has 3 aromatic carbocycles. The summed E-state index contributed by atoms with van der Waals surface area (Å²) >= 11 is 0. The van der Waals surface area contributed by atoms with E-state index in [0.717, 1.165) is 16.7 Å². The number of furan rings is 1. The van der Waals surface area contributed by atoms with Crippen LogP contribution in [0.4, 0.5) is 8.78 Å². The van der Waals surface area contributed by atoms with Crippen LogP contribution >= 0.6 is 0 Å². The first kappa shape index (κ1) is 22.3. The van der Waals surface area contributed by atoms with Crippen LogP contribution in [0.5, 0.6) is 11.5 Å². The Morgan fingerprint density at radius 1 is 1.06 bits per heavy atom. The molecule has 0 saturated heterocycles. The van der Waals surface area contributed by atoms with E-state index in [0.29, 0.717) is 17.5 Å². The quantitative estimate of drug-likeness (QED) is 0.330. The highest BCUT2D eigenvalue weighted by Gasteiger charge is 2.23. The van der Waals surface area contributed by atoms with Crippen LogP contribution in [-0.4, -0.2) is 16.2 Å². The number of fused-ring (bicyclic) bond motifs is 1. The third kappa shape index (κ3) is 4.80. The Labute approximate surface area is 187 Å². The lowest BCUT2D eigenvalue weighted by Gasteiger charge is -2.11. The minimum Gasteiger partial charge on any atom is -0.508 e. The van der Waals surface area contributed by atoms with E-state index in [1.807, 2.05) is 24.3 Å². The summed E-state index contributed by atoms with van der Waals surface area (Å²) in [5.41, 5.74) is 9.08. The van der Waals surface area contributed by atoms with E-state index in [4.69, 9.17) is 20.0 Å². The Kier molecular flexibility index (Phi) is 6.28. The van der Waals surface area contributed by atoms with Crippen molar-refractivity contribution in [2.75, 3.05) is 0 Å². The molecule has 1 aromatic heterocycles. The summed E-state index contributed by atoms with van der Waals surface area (Å²) < 4.78 is 38.6. The molecule has 0 unspecified atom stereocenters. The molecule has 8 heteroatoms. The number of phenols is 1. The zero-order valence-electron chi connectivity index (χ0n) is 17.4. The first-order chi connectivity index (χ1) is 15.9. The predicted molar refractivity (Wildman–Crippen MR) is 118 cm³/mol. The van der Waals surface area contributed by atoms with Crippen molar-refractivity contribution in [2.24, 2.45) is 5.73 Å². The van der Waals surface area contributed by atoms with E-state index in [-0.39, 0.29) is 35.7 Å². The molecule has 33 heavy (non-hydrogen) atoms. The monoisotopic (exact) mass is 453 g/mol. The maximum atomic E-state index is 13.7. The zero-order valence-corrected chi connectivity index (χ0v) is 17.4. The SMILES string of the molecule is NCc1cccc(-c2ccc3oc(C(F)F)c(COc4cc(O)ccc4CC(=O)O)c3c2)c1. The van der Waals surface area contributed by atoms with Crippen molar-refractivity contribution in [1.82, 2.24) is 0 Å². The number of alkyl halides is 2. The highest BCUT2D eigenvalue weighted by molar-refractivity contribution is 5.87. The third-order valence-corrected chi connectivity index (χ3v) is 5.28. The van der Waals surface area contributed by atoms with Gasteiger partial charge in [-0.1, -0.05) is 30.3 Å². The molecule has 0 aliphatic heterocycles. The molecule has 4 aromatic rings. The Morgan fingerprint density at radius 3 is 2.58 bits per heavy atom. The number of carboxylic acids is 1.